The van der Waals surface area contributed by atoms with E-state index in [0.717, 1.165) is 36.4 Å². The largest absolute Gasteiger partial charge is 0.383 e. The Hall–Kier alpha value is -2.30. The van der Waals surface area contributed by atoms with Crippen molar-refractivity contribution < 1.29 is 4.74 Å². The van der Waals surface area contributed by atoms with E-state index in [4.69, 9.17) is 9.72 Å². The lowest BCUT2D eigenvalue weighted by Crippen LogP contribution is -2.27. The number of hydrogen-bond donors (Lipinski definition) is 0. The SMILES string of the molecule is COCCN(Cc1ccc(C)cc1)Cc1cnc2ccccc2n1. The van der Waals surface area contributed by atoms with Crippen LogP contribution in [0, 0.1) is 6.92 Å². The zero-order valence-electron chi connectivity index (χ0n) is 14.3. The van der Waals surface area contributed by atoms with Crippen LogP contribution in [0.4, 0.5) is 0 Å². The first-order chi connectivity index (χ1) is 11.7. The van der Waals surface area contributed by atoms with Crippen LogP contribution in [0.15, 0.2) is 54.7 Å². The molecule has 1 heterocycles. The number of hydrogen-bond acceptors (Lipinski definition) is 4. The third-order valence-electron chi connectivity index (χ3n) is 4.02. The fourth-order valence-corrected chi connectivity index (χ4v) is 2.69. The molecule has 3 rings (SSSR count). The molecule has 0 fully saturated rings. The molecule has 0 aliphatic carbocycles. The predicted octanol–water partition coefficient (Wildman–Crippen LogP) is 3.59. The molecule has 24 heavy (non-hydrogen) atoms. The quantitative estimate of drug-likeness (QED) is 0.666. The van der Waals surface area contributed by atoms with Crippen molar-refractivity contribution in [2.24, 2.45) is 0 Å². The predicted molar refractivity (Wildman–Crippen MR) is 96.7 cm³/mol. The molecule has 0 radical (unpaired) electrons. The second-order valence-electron chi connectivity index (χ2n) is 6.04. The highest BCUT2D eigenvalue weighted by atomic mass is 16.5. The van der Waals surface area contributed by atoms with Crippen molar-refractivity contribution >= 4 is 11.0 Å². The summed E-state index contributed by atoms with van der Waals surface area (Å²) >= 11 is 0. The van der Waals surface area contributed by atoms with Gasteiger partial charge in [0.2, 0.25) is 0 Å². The lowest BCUT2D eigenvalue weighted by Gasteiger charge is -2.21. The van der Waals surface area contributed by atoms with Crippen LogP contribution in [0.2, 0.25) is 0 Å². The number of fused-ring (bicyclic) bond motifs is 1. The van der Waals surface area contributed by atoms with Gasteiger partial charge in [0.25, 0.3) is 0 Å². The van der Waals surface area contributed by atoms with Gasteiger partial charge >= 0.3 is 0 Å². The Labute approximate surface area is 143 Å². The highest BCUT2D eigenvalue weighted by Crippen LogP contribution is 2.12. The summed E-state index contributed by atoms with van der Waals surface area (Å²) in [6, 6.07) is 16.6. The van der Waals surface area contributed by atoms with Gasteiger partial charge in [-0.15, -0.1) is 0 Å². The topological polar surface area (TPSA) is 38.2 Å². The molecule has 0 bridgehead atoms. The number of aromatic nitrogens is 2. The Kier molecular flexibility index (Phi) is 5.51. The van der Waals surface area contributed by atoms with Crippen LogP contribution in [0.25, 0.3) is 11.0 Å². The molecule has 0 N–H and O–H groups in total. The van der Waals surface area contributed by atoms with E-state index in [0.29, 0.717) is 6.61 Å². The Morgan fingerprint density at radius 2 is 1.71 bits per heavy atom. The van der Waals surface area contributed by atoms with Crippen molar-refractivity contribution in [3.8, 4) is 0 Å². The van der Waals surface area contributed by atoms with E-state index in [1.807, 2.05) is 30.5 Å². The maximum Gasteiger partial charge on any atom is 0.0890 e. The minimum absolute atomic E-state index is 0.701. The molecule has 0 spiro atoms. The molecule has 1 aromatic heterocycles. The standard InChI is InChI=1S/C20H23N3O/c1-16-7-9-17(10-8-16)14-23(11-12-24-2)15-18-13-21-19-5-3-4-6-20(19)22-18/h3-10,13H,11-12,14-15H2,1-2H3. The third-order valence-corrected chi connectivity index (χ3v) is 4.02. The number of aryl methyl sites for hydroxylation is 1. The normalized spacial score (nSPS) is 11.3. The molecule has 4 heteroatoms. The van der Waals surface area contributed by atoms with E-state index in [1.54, 1.807) is 7.11 Å². The Morgan fingerprint density at radius 1 is 0.958 bits per heavy atom. The van der Waals surface area contributed by atoms with Gasteiger partial charge in [-0.25, -0.2) is 4.98 Å². The maximum absolute atomic E-state index is 5.26. The van der Waals surface area contributed by atoms with Gasteiger partial charge in [0, 0.05) is 26.7 Å². The summed E-state index contributed by atoms with van der Waals surface area (Å²) in [5.74, 6) is 0. The monoisotopic (exact) mass is 321 g/mol. The third kappa shape index (κ3) is 4.37. The molecule has 0 aliphatic rings. The van der Waals surface area contributed by atoms with Gasteiger partial charge in [-0.3, -0.25) is 9.88 Å². The minimum atomic E-state index is 0.701. The Bertz CT molecular complexity index is 786. The van der Waals surface area contributed by atoms with E-state index < -0.39 is 0 Å². The first-order valence-corrected chi connectivity index (χ1v) is 8.22. The fraction of sp³-hybridized carbons (Fsp3) is 0.300. The van der Waals surface area contributed by atoms with Gasteiger partial charge in [0.05, 0.1) is 29.5 Å². The van der Waals surface area contributed by atoms with Crippen LogP contribution in [0.5, 0.6) is 0 Å². The van der Waals surface area contributed by atoms with Crippen LogP contribution in [0.3, 0.4) is 0 Å². The van der Waals surface area contributed by atoms with E-state index in [9.17, 15) is 0 Å². The average Bonchev–Trinajstić information content (AvgIpc) is 2.61. The molecule has 2 aromatic carbocycles. The molecule has 0 aliphatic heterocycles. The van der Waals surface area contributed by atoms with Crippen molar-refractivity contribution in [1.29, 1.82) is 0 Å². The summed E-state index contributed by atoms with van der Waals surface area (Å²) in [5, 5.41) is 0. The zero-order valence-corrected chi connectivity index (χ0v) is 14.3. The van der Waals surface area contributed by atoms with Gasteiger partial charge in [0.15, 0.2) is 0 Å². The second-order valence-corrected chi connectivity index (χ2v) is 6.04. The summed E-state index contributed by atoms with van der Waals surface area (Å²) in [5.41, 5.74) is 5.44. The molecule has 0 atom stereocenters. The van der Waals surface area contributed by atoms with E-state index in [2.05, 4.69) is 41.1 Å². The van der Waals surface area contributed by atoms with Crippen LogP contribution >= 0.6 is 0 Å². The first kappa shape index (κ1) is 16.6. The molecule has 4 nitrogen and oxygen atoms in total. The van der Waals surface area contributed by atoms with Crippen LogP contribution in [-0.4, -0.2) is 35.1 Å². The Morgan fingerprint density at radius 3 is 2.46 bits per heavy atom. The molecular formula is C20H23N3O. The summed E-state index contributed by atoms with van der Waals surface area (Å²) in [7, 11) is 1.74. The summed E-state index contributed by atoms with van der Waals surface area (Å²) in [6.07, 6.45) is 1.87. The molecular weight excluding hydrogens is 298 g/mol. The molecule has 0 saturated heterocycles. The van der Waals surface area contributed by atoms with Crippen LogP contribution in [-0.2, 0) is 17.8 Å². The Balaban J connectivity index is 1.75. The second kappa shape index (κ2) is 7.99. The number of para-hydroxylation sites is 2. The van der Waals surface area contributed by atoms with Crippen LogP contribution in [0.1, 0.15) is 16.8 Å². The van der Waals surface area contributed by atoms with Crippen LogP contribution < -0.4 is 0 Å². The first-order valence-electron chi connectivity index (χ1n) is 8.22. The van der Waals surface area contributed by atoms with Crippen molar-refractivity contribution in [1.82, 2.24) is 14.9 Å². The van der Waals surface area contributed by atoms with Crippen molar-refractivity contribution in [3.63, 3.8) is 0 Å². The minimum Gasteiger partial charge on any atom is -0.383 e. The lowest BCUT2D eigenvalue weighted by molar-refractivity contribution is 0.139. The van der Waals surface area contributed by atoms with Gasteiger partial charge < -0.3 is 4.74 Å². The zero-order chi connectivity index (χ0) is 16.8. The van der Waals surface area contributed by atoms with Crippen molar-refractivity contribution in [2.45, 2.75) is 20.0 Å². The van der Waals surface area contributed by atoms with E-state index in [-0.39, 0.29) is 0 Å². The number of rotatable bonds is 7. The number of nitrogens with zero attached hydrogens (tertiary/aromatic N) is 3. The summed E-state index contributed by atoms with van der Waals surface area (Å²) in [6.45, 7) is 5.30. The highest BCUT2D eigenvalue weighted by molar-refractivity contribution is 5.73. The summed E-state index contributed by atoms with van der Waals surface area (Å²) in [4.78, 5) is 11.6. The fourth-order valence-electron chi connectivity index (χ4n) is 2.69. The number of ether oxygens (including phenoxy) is 1. The lowest BCUT2D eigenvalue weighted by atomic mass is 10.1. The number of methoxy groups -OCH3 is 1. The van der Waals surface area contributed by atoms with Gasteiger partial charge in [-0.1, -0.05) is 42.0 Å². The highest BCUT2D eigenvalue weighted by Gasteiger charge is 2.09. The van der Waals surface area contributed by atoms with Gasteiger partial charge in [0.1, 0.15) is 0 Å². The number of benzene rings is 2. The maximum atomic E-state index is 5.26. The van der Waals surface area contributed by atoms with Crippen molar-refractivity contribution in [3.05, 3.63) is 71.5 Å². The van der Waals surface area contributed by atoms with Gasteiger partial charge in [-0.05, 0) is 24.6 Å². The molecule has 0 unspecified atom stereocenters. The summed E-state index contributed by atoms with van der Waals surface area (Å²) < 4.78 is 5.26. The van der Waals surface area contributed by atoms with E-state index >= 15 is 0 Å². The molecule has 3 aromatic rings. The molecule has 124 valence electrons. The van der Waals surface area contributed by atoms with Gasteiger partial charge in [-0.2, -0.15) is 0 Å². The smallest absolute Gasteiger partial charge is 0.0890 e. The molecule has 0 saturated carbocycles. The molecule has 0 amide bonds. The van der Waals surface area contributed by atoms with Crippen molar-refractivity contribution in [2.75, 3.05) is 20.3 Å². The van der Waals surface area contributed by atoms with E-state index in [1.165, 1.54) is 11.1 Å². The average molecular weight is 321 g/mol.